The van der Waals surface area contributed by atoms with Gasteiger partial charge in [-0.05, 0) is 0 Å². The molecule has 7 atom stereocenters. The van der Waals surface area contributed by atoms with Crippen molar-refractivity contribution in [3.8, 4) is 0 Å². The van der Waals surface area contributed by atoms with Gasteiger partial charge < -0.3 is 0 Å². The van der Waals surface area contributed by atoms with E-state index in [1.54, 1.807) is 0 Å². The van der Waals surface area contributed by atoms with Gasteiger partial charge in [0.1, 0.15) is 0 Å². The van der Waals surface area contributed by atoms with Gasteiger partial charge in [0.05, 0.1) is 0 Å². The molecule has 0 aromatic carbocycles. The van der Waals surface area contributed by atoms with Crippen molar-refractivity contribution in [2.75, 3.05) is 92.0 Å². The zero-order chi connectivity index (χ0) is 24.4. The molecule has 5 aliphatic rings. The molecule has 5 heterocycles. The van der Waals surface area contributed by atoms with Gasteiger partial charge in [0.2, 0.25) is 0 Å². The zero-order valence-corrected chi connectivity index (χ0v) is 30.6. The van der Waals surface area contributed by atoms with Gasteiger partial charge in [-0.1, -0.05) is 0 Å². The van der Waals surface area contributed by atoms with E-state index in [1.165, 1.54) is 92.0 Å². The zero-order valence-electron chi connectivity index (χ0n) is 20.8. The molecule has 36 heavy (non-hydrogen) atoms. The Kier molecular flexibility index (Phi) is 15.9. The third-order valence-corrected chi connectivity index (χ3v) is 22.3. The van der Waals surface area contributed by atoms with Crippen LogP contribution < -0.4 is 0 Å². The monoisotopic (exact) mass is 712 g/mol. The molecule has 0 aromatic heterocycles. The van der Waals surface area contributed by atoms with Crippen LogP contribution in [0.25, 0.3) is 0 Å². The standard InChI is InChI=1S/C24H40S12/c1(25-3-17-10-31-17)2-30-23(15-28-6-20-13-34-20)24(16-29-7-21-14-35-21)36-22(8-26-4-18-11-32-18)9-27-5-19-12-33-19/h17-24H,1-16H2. The summed E-state index contributed by atoms with van der Waals surface area (Å²) in [6.07, 6.45) is 0. The summed E-state index contributed by atoms with van der Waals surface area (Å²) in [6.45, 7) is 0. The molecule has 0 N–H and O–H groups in total. The fraction of sp³-hybridized carbons (Fsp3) is 1.00. The van der Waals surface area contributed by atoms with Crippen molar-refractivity contribution in [1.29, 1.82) is 0 Å². The van der Waals surface area contributed by atoms with E-state index >= 15 is 0 Å². The third kappa shape index (κ3) is 15.1. The van der Waals surface area contributed by atoms with Gasteiger partial charge in [0.15, 0.2) is 0 Å². The predicted octanol–water partition coefficient (Wildman–Crippen LogP) is 7.80. The molecule has 5 rings (SSSR count). The lowest BCUT2D eigenvalue weighted by Gasteiger charge is -2.30. The van der Waals surface area contributed by atoms with E-state index in [4.69, 9.17) is 0 Å². The molecular formula is C24H40S12. The van der Waals surface area contributed by atoms with Gasteiger partial charge in [-0.3, -0.25) is 0 Å². The Morgan fingerprint density at radius 1 is 0.472 bits per heavy atom. The number of rotatable bonds is 25. The maximum absolute atomic E-state index is 2.43. The third-order valence-electron chi connectivity index (χ3n) is 6.04. The number of thioether (sulfide) groups is 12. The van der Waals surface area contributed by atoms with Crippen molar-refractivity contribution in [2.24, 2.45) is 0 Å². The van der Waals surface area contributed by atoms with Crippen molar-refractivity contribution in [3.63, 3.8) is 0 Å². The van der Waals surface area contributed by atoms with E-state index in [2.05, 4.69) is 141 Å². The van der Waals surface area contributed by atoms with Crippen LogP contribution in [0, 0.1) is 0 Å². The van der Waals surface area contributed by atoms with Crippen LogP contribution in [0.15, 0.2) is 0 Å². The number of hydrogen-bond acceptors (Lipinski definition) is 12. The van der Waals surface area contributed by atoms with Crippen LogP contribution in [0.4, 0.5) is 0 Å². The minimum atomic E-state index is 0.823. The molecule has 12 heteroatoms. The maximum atomic E-state index is 2.43. The maximum Gasteiger partial charge on any atom is 0.0268 e. The second-order valence-electron chi connectivity index (χ2n) is 9.71. The highest BCUT2D eigenvalue weighted by Crippen LogP contribution is 2.41. The summed E-state index contributed by atoms with van der Waals surface area (Å²) in [5, 5.41) is 7.37. The lowest BCUT2D eigenvalue weighted by Crippen LogP contribution is -2.30. The molecule has 0 aliphatic carbocycles. The fourth-order valence-electron chi connectivity index (χ4n) is 3.46. The quantitative estimate of drug-likeness (QED) is 0.0670. The van der Waals surface area contributed by atoms with Crippen LogP contribution in [0.3, 0.4) is 0 Å². The summed E-state index contributed by atoms with van der Waals surface area (Å²) in [7, 11) is 0. The highest BCUT2D eigenvalue weighted by Gasteiger charge is 2.31. The van der Waals surface area contributed by atoms with Gasteiger partial charge >= 0.3 is 0 Å². The van der Waals surface area contributed by atoms with E-state index in [9.17, 15) is 0 Å². The normalized spacial score (nSPS) is 32.2. The Balaban J connectivity index is 1.13. The van der Waals surface area contributed by atoms with Crippen molar-refractivity contribution < 1.29 is 0 Å². The molecular weight excluding hydrogens is 673 g/mol. The summed E-state index contributed by atoms with van der Waals surface area (Å²) in [6, 6.07) is 0. The minimum absolute atomic E-state index is 0.823. The van der Waals surface area contributed by atoms with Crippen LogP contribution in [0.1, 0.15) is 0 Å². The molecule has 7 unspecified atom stereocenters. The van der Waals surface area contributed by atoms with Crippen molar-refractivity contribution in [1.82, 2.24) is 0 Å². The molecule has 208 valence electrons. The second kappa shape index (κ2) is 18.1. The van der Waals surface area contributed by atoms with E-state index in [-0.39, 0.29) is 0 Å². The highest BCUT2D eigenvalue weighted by molar-refractivity contribution is 8.12. The number of hydrogen-bond donors (Lipinski definition) is 0. The first kappa shape index (κ1) is 31.6. The first-order valence-corrected chi connectivity index (χ1v) is 26.1. The molecule has 0 saturated carbocycles. The summed E-state index contributed by atoms with van der Waals surface area (Å²) < 4.78 is 0. The summed E-state index contributed by atoms with van der Waals surface area (Å²) in [4.78, 5) is 0. The molecule has 0 nitrogen and oxygen atoms in total. The van der Waals surface area contributed by atoms with E-state index in [1.807, 2.05) is 0 Å². The van der Waals surface area contributed by atoms with Gasteiger partial charge in [0.25, 0.3) is 0 Å². The van der Waals surface area contributed by atoms with E-state index in [0.717, 1.165) is 42.0 Å². The summed E-state index contributed by atoms with van der Waals surface area (Å²) >= 11 is 27.0. The van der Waals surface area contributed by atoms with Gasteiger partial charge in [-0.15, -0.1) is 0 Å². The topological polar surface area (TPSA) is 0 Å². The molecule has 0 spiro atoms. The van der Waals surface area contributed by atoms with E-state index < -0.39 is 0 Å². The summed E-state index contributed by atoms with van der Waals surface area (Å²) in [5.74, 6) is 22.3. The Morgan fingerprint density at radius 3 is 1.31 bits per heavy atom. The average Bonchev–Trinajstić information content (AvgIpc) is 3.69. The molecule has 0 amide bonds. The van der Waals surface area contributed by atoms with Crippen molar-refractivity contribution in [3.05, 3.63) is 0 Å². The molecule has 5 saturated heterocycles. The largest absolute Gasteiger partial charge is 0.160 e. The lowest BCUT2D eigenvalue weighted by atomic mass is 10.3. The molecule has 5 fully saturated rings. The van der Waals surface area contributed by atoms with Crippen LogP contribution in [-0.2, 0) is 0 Å². The van der Waals surface area contributed by atoms with Crippen LogP contribution in [0.2, 0.25) is 0 Å². The Labute approximate surface area is 272 Å². The van der Waals surface area contributed by atoms with Crippen LogP contribution in [0.5, 0.6) is 0 Å². The second-order valence-corrected chi connectivity index (χ2v) is 24.7. The minimum Gasteiger partial charge on any atom is -0.160 e. The van der Waals surface area contributed by atoms with Gasteiger partial charge in [-0.25, -0.2) is 0 Å². The molecule has 0 bridgehead atoms. The average molecular weight is 713 g/mol. The Hall–Kier alpha value is 4.20. The molecule has 0 radical (unpaired) electrons. The fourth-order valence-corrected chi connectivity index (χ4v) is 18.7. The van der Waals surface area contributed by atoms with Crippen LogP contribution >= 0.6 is 141 Å². The first-order chi connectivity index (χ1) is 17.8. The predicted molar refractivity (Wildman–Crippen MR) is 199 cm³/mol. The SMILES string of the molecule is C(CSC(CSCC1CS1)C(CSCC1CS1)SC(CSCC1CS1)CSCC1CS1)SCC1CS1. The van der Waals surface area contributed by atoms with Crippen molar-refractivity contribution >= 4 is 141 Å². The molecule has 5 aliphatic heterocycles. The van der Waals surface area contributed by atoms with Gasteiger partial charge in [0, 0.05) is 134 Å². The summed E-state index contributed by atoms with van der Waals surface area (Å²) in [5.41, 5.74) is 0. The highest BCUT2D eigenvalue weighted by atomic mass is 32.2. The smallest absolute Gasteiger partial charge is 0.0268 e. The first-order valence-electron chi connectivity index (χ1n) is 13.1. The Morgan fingerprint density at radius 2 is 0.861 bits per heavy atom. The van der Waals surface area contributed by atoms with Gasteiger partial charge in [-0.2, -0.15) is 141 Å². The lowest BCUT2D eigenvalue weighted by molar-refractivity contribution is 0.935. The Bertz CT molecular complexity index is 588. The van der Waals surface area contributed by atoms with Crippen LogP contribution in [-0.4, -0.2) is 134 Å². The molecule has 0 aromatic rings. The van der Waals surface area contributed by atoms with E-state index in [0.29, 0.717) is 0 Å². The van der Waals surface area contributed by atoms with Crippen molar-refractivity contribution in [2.45, 2.75) is 42.0 Å².